The molecule has 1 aliphatic rings. The summed E-state index contributed by atoms with van der Waals surface area (Å²) in [5.41, 5.74) is -0.365. The van der Waals surface area contributed by atoms with Crippen LogP contribution < -0.4 is 0 Å². The summed E-state index contributed by atoms with van der Waals surface area (Å²) in [7, 11) is 0. The molecule has 1 saturated carbocycles. The topological polar surface area (TPSA) is 55.8 Å². The second kappa shape index (κ2) is 6.97. The van der Waals surface area contributed by atoms with E-state index in [-0.39, 0.29) is 12.2 Å². The first-order chi connectivity index (χ1) is 8.18. The van der Waals surface area contributed by atoms with Crippen LogP contribution in [0.2, 0.25) is 0 Å². The fourth-order valence-electron chi connectivity index (χ4n) is 2.99. The normalized spacial score (nSPS) is 18.1. The van der Waals surface area contributed by atoms with Crippen molar-refractivity contribution in [2.24, 2.45) is 5.92 Å². The zero-order valence-electron chi connectivity index (χ0n) is 10.9. The Hall–Kier alpha value is -0.610. The SMILES string of the molecule is CCC(CC)(OC(=O)COO)C1CCCCC1. The largest absolute Gasteiger partial charge is 0.457 e. The molecule has 0 unspecified atom stereocenters. The maximum atomic E-state index is 11.5. The number of hydrogen-bond donors (Lipinski definition) is 1. The summed E-state index contributed by atoms with van der Waals surface area (Å²) in [6, 6.07) is 0. The van der Waals surface area contributed by atoms with Crippen LogP contribution in [0.25, 0.3) is 0 Å². The van der Waals surface area contributed by atoms with Crippen molar-refractivity contribution in [2.45, 2.75) is 64.4 Å². The van der Waals surface area contributed by atoms with Gasteiger partial charge in [-0.15, -0.1) is 0 Å². The molecule has 4 nitrogen and oxygen atoms in total. The van der Waals surface area contributed by atoms with E-state index < -0.39 is 5.97 Å². The van der Waals surface area contributed by atoms with E-state index in [0.29, 0.717) is 5.92 Å². The van der Waals surface area contributed by atoms with Gasteiger partial charge >= 0.3 is 5.97 Å². The monoisotopic (exact) mass is 244 g/mol. The molecule has 1 N–H and O–H groups in total. The second-order valence-corrected chi connectivity index (χ2v) is 4.85. The summed E-state index contributed by atoms with van der Waals surface area (Å²) in [6.07, 6.45) is 7.65. The molecule has 0 aromatic carbocycles. The van der Waals surface area contributed by atoms with Crippen molar-refractivity contribution in [1.29, 1.82) is 0 Å². The zero-order valence-corrected chi connectivity index (χ0v) is 10.9. The van der Waals surface area contributed by atoms with E-state index in [1.165, 1.54) is 19.3 Å². The third-order valence-corrected chi connectivity index (χ3v) is 4.05. The number of rotatable bonds is 6. The van der Waals surface area contributed by atoms with Gasteiger partial charge in [-0.25, -0.2) is 9.68 Å². The molecule has 4 heteroatoms. The molecule has 1 fully saturated rings. The molecule has 0 saturated heterocycles. The van der Waals surface area contributed by atoms with Crippen LogP contribution in [-0.2, 0) is 14.4 Å². The lowest BCUT2D eigenvalue weighted by atomic mass is 9.74. The Kier molecular flexibility index (Phi) is 5.92. The summed E-state index contributed by atoms with van der Waals surface area (Å²) in [4.78, 5) is 15.4. The average molecular weight is 244 g/mol. The summed E-state index contributed by atoms with van der Waals surface area (Å²) in [5.74, 6) is -0.0179. The lowest BCUT2D eigenvalue weighted by Gasteiger charge is -2.41. The molecule has 17 heavy (non-hydrogen) atoms. The van der Waals surface area contributed by atoms with Crippen LogP contribution in [0.15, 0.2) is 0 Å². The van der Waals surface area contributed by atoms with E-state index in [1.54, 1.807) is 0 Å². The van der Waals surface area contributed by atoms with Crippen LogP contribution in [0.3, 0.4) is 0 Å². The van der Waals surface area contributed by atoms with E-state index in [9.17, 15) is 4.79 Å². The molecule has 0 heterocycles. The van der Waals surface area contributed by atoms with Crippen molar-refractivity contribution in [3.05, 3.63) is 0 Å². The molecule has 0 bridgehead atoms. The summed E-state index contributed by atoms with van der Waals surface area (Å²) >= 11 is 0. The van der Waals surface area contributed by atoms with Crippen LogP contribution in [0, 0.1) is 5.92 Å². The second-order valence-electron chi connectivity index (χ2n) is 4.85. The van der Waals surface area contributed by atoms with Crippen molar-refractivity contribution in [3.8, 4) is 0 Å². The fraction of sp³-hybridized carbons (Fsp3) is 0.923. The standard InChI is InChI=1S/C13H24O4/c1-3-13(4-2,17-12(14)10-16-15)11-8-6-5-7-9-11/h11,15H,3-10H2,1-2H3. The lowest BCUT2D eigenvalue weighted by molar-refractivity contribution is -0.250. The van der Waals surface area contributed by atoms with Gasteiger partial charge in [0.2, 0.25) is 0 Å². The average Bonchev–Trinajstić information content (AvgIpc) is 2.37. The van der Waals surface area contributed by atoms with Gasteiger partial charge in [0, 0.05) is 0 Å². The molecule has 0 amide bonds. The molecule has 0 aliphatic heterocycles. The van der Waals surface area contributed by atoms with Gasteiger partial charge in [-0.3, -0.25) is 5.26 Å². The highest BCUT2D eigenvalue weighted by molar-refractivity contribution is 5.71. The van der Waals surface area contributed by atoms with Crippen LogP contribution >= 0.6 is 0 Å². The highest BCUT2D eigenvalue weighted by atomic mass is 17.1. The van der Waals surface area contributed by atoms with E-state index in [2.05, 4.69) is 18.7 Å². The van der Waals surface area contributed by atoms with Crippen molar-refractivity contribution < 1.29 is 19.7 Å². The Morgan fingerprint density at radius 3 is 2.29 bits per heavy atom. The Morgan fingerprint density at radius 2 is 1.82 bits per heavy atom. The number of ether oxygens (including phenoxy) is 1. The summed E-state index contributed by atoms with van der Waals surface area (Å²) in [6.45, 7) is 3.74. The molecule has 1 rings (SSSR count). The first kappa shape index (κ1) is 14.5. The highest BCUT2D eigenvalue weighted by Gasteiger charge is 2.39. The van der Waals surface area contributed by atoms with Crippen LogP contribution in [0.5, 0.6) is 0 Å². The smallest absolute Gasteiger partial charge is 0.336 e. The minimum absolute atomic E-state index is 0.365. The van der Waals surface area contributed by atoms with Gasteiger partial charge in [0.05, 0.1) is 0 Å². The van der Waals surface area contributed by atoms with E-state index in [1.807, 2.05) is 0 Å². The van der Waals surface area contributed by atoms with Crippen LogP contribution in [-0.4, -0.2) is 23.4 Å². The molecule has 0 aromatic rings. The Labute approximate surface area is 103 Å². The minimum Gasteiger partial charge on any atom is -0.457 e. The van der Waals surface area contributed by atoms with Gasteiger partial charge < -0.3 is 4.74 Å². The minimum atomic E-state index is -0.471. The van der Waals surface area contributed by atoms with E-state index in [0.717, 1.165) is 25.7 Å². The maximum Gasteiger partial charge on any atom is 0.336 e. The predicted molar refractivity (Wildman–Crippen MR) is 64.6 cm³/mol. The molecular weight excluding hydrogens is 220 g/mol. The van der Waals surface area contributed by atoms with E-state index in [4.69, 9.17) is 9.99 Å². The third-order valence-electron chi connectivity index (χ3n) is 4.05. The molecule has 1 aliphatic carbocycles. The quantitative estimate of drug-likeness (QED) is 0.443. The fourth-order valence-corrected chi connectivity index (χ4v) is 2.99. The number of hydrogen-bond acceptors (Lipinski definition) is 4. The highest BCUT2D eigenvalue weighted by Crippen LogP contribution is 2.39. The molecule has 0 radical (unpaired) electrons. The Morgan fingerprint density at radius 1 is 1.24 bits per heavy atom. The molecule has 0 aromatic heterocycles. The number of esters is 1. The first-order valence-electron chi connectivity index (χ1n) is 6.66. The summed E-state index contributed by atoms with van der Waals surface area (Å²) in [5, 5.41) is 8.29. The van der Waals surface area contributed by atoms with Crippen molar-refractivity contribution in [2.75, 3.05) is 6.61 Å². The van der Waals surface area contributed by atoms with Gasteiger partial charge in [0.25, 0.3) is 0 Å². The van der Waals surface area contributed by atoms with Crippen molar-refractivity contribution in [1.82, 2.24) is 0 Å². The Bertz CT molecular complexity index is 230. The van der Waals surface area contributed by atoms with Crippen LogP contribution in [0.1, 0.15) is 58.8 Å². The van der Waals surface area contributed by atoms with E-state index >= 15 is 0 Å². The summed E-state index contributed by atoms with van der Waals surface area (Å²) < 4.78 is 5.59. The third kappa shape index (κ3) is 3.68. The predicted octanol–water partition coefficient (Wildman–Crippen LogP) is 3.16. The number of carbonyl (C=O) groups is 1. The van der Waals surface area contributed by atoms with Gasteiger partial charge in [-0.1, -0.05) is 33.1 Å². The molecule has 0 atom stereocenters. The van der Waals surface area contributed by atoms with Gasteiger partial charge in [-0.05, 0) is 31.6 Å². The zero-order chi connectivity index (χ0) is 12.7. The van der Waals surface area contributed by atoms with Crippen molar-refractivity contribution >= 4 is 5.97 Å². The first-order valence-corrected chi connectivity index (χ1v) is 6.66. The van der Waals surface area contributed by atoms with Gasteiger partial charge in [0.1, 0.15) is 5.60 Å². The van der Waals surface area contributed by atoms with Gasteiger partial charge in [-0.2, -0.15) is 0 Å². The maximum absolute atomic E-state index is 11.5. The molecule has 100 valence electrons. The van der Waals surface area contributed by atoms with Crippen LogP contribution in [0.4, 0.5) is 0 Å². The lowest BCUT2D eigenvalue weighted by Crippen LogP contribution is -2.43. The molecular formula is C13H24O4. The van der Waals surface area contributed by atoms with Gasteiger partial charge in [0.15, 0.2) is 6.61 Å². The Balaban J connectivity index is 2.68. The molecule has 0 spiro atoms. The van der Waals surface area contributed by atoms with Crippen molar-refractivity contribution in [3.63, 3.8) is 0 Å². The number of carbonyl (C=O) groups excluding carboxylic acids is 1.